The quantitative estimate of drug-likeness (QED) is 0.490. The molecule has 5 N–H and O–H groups in total. The lowest BCUT2D eigenvalue weighted by Crippen LogP contribution is -2.29. The smallest absolute Gasteiger partial charge is 0.178 e. The molecule has 1 fully saturated rings. The van der Waals surface area contributed by atoms with E-state index in [1.807, 2.05) is 0 Å². The van der Waals surface area contributed by atoms with Crippen LogP contribution in [0.4, 0.5) is 20.4 Å². The van der Waals surface area contributed by atoms with E-state index < -0.39 is 11.6 Å². The third-order valence-corrected chi connectivity index (χ3v) is 3.90. The van der Waals surface area contributed by atoms with Gasteiger partial charge in [-0.15, -0.1) is 0 Å². The fourth-order valence-corrected chi connectivity index (χ4v) is 2.71. The summed E-state index contributed by atoms with van der Waals surface area (Å²) < 4.78 is 26.9. The van der Waals surface area contributed by atoms with Crippen LogP contribution in [0, 0.1) is 23.5 Å². The molecule has 5 nitrogen and oxygen atoms in total. The van der Waals surface area contributed by atoms with Gasteiger partial charge in [0.05, 0.1) is 0 Å². The number of pyridine rings is 1. The van der Waals surface area contributed by atoms with Gasteiger partial charge in [0.15, 0.2) is 23.3 Å². The molecule has 20 heavy (non-hydrogen) atoms. The van der Waals surface area contributed by atoms with Crippen LogP contribution >= 0.6 is 0 Å². The minimum Gasteiger partial charge on any atom is -0.396 e. The van der Waals surface area contributed by atoms with Crippen LogP contribution in [0.3, 0.4) is 0 Å². The molecule has 1 aromatic heterocycles. The summed E-state index contributed by atoms with van der Waals surface area (Å²) in [5, 5.41) is 12.2. The van der Waals surface area contributed by atoms with Crippen LogP contribution in [0.1, 0.15) is 25.7 Å². The second-order valence-electron chi connectivity index (χ2n) is 5.16. The molecule has 1 aliphatic carbocycles. The minimum absolute atomic E-state index is 0.0263. The van der Waals surface area contributed by atoms with Crippen molar-refractivity contribution in [2.75, 3.05) is 23.9 Å². The number of rotatable bonds is 5. The third kappa shape index (κ3) is 3.34. The molecule has 2 rings (SSSR count). The minimum atomic E-state index is -0.832. The van der Waals surface area contributed by atoms with Crippen molar-refractivity contribution < 1.29 is 13.9 Å². The first-order valence-corrected chi connectivity index (χ1v) is 6.83. The summed E-state index contributed by atoms with van der Waals surface area (Å²) in [6, 6.07) is 0.745. The molecule has 112 valence electrons. The number of halogens is 2. The second-order valence-corrected chi connectivity index (χ2v) is 5.16. The van der Waals surface area contributed by atoms with Crippen molar-refractivity contribution in [2.45, 2.75) is 25.7 Å². The van der Waals surface area contributed by atoms with Gasteiger partial charge in [0.25, 0.3) is 0 Å². The maximum atomic E-state index is 13.6. The molecule has 0 aromatic carbocycles. The molecule has 0 saturated heterocycles. The predicted molar refractivity (Wildman–Crippen MR) is 73.0 cm³/mol. The topological polar surface area (TPSA) is 83.2 Å². The number of aromatic nitrogens is 1. The number of nitrogen functional groups attached to an aromatic ring is 1. The fourth-order valence-electron chi connectivity index (χ4n) is 2.71. The highest BCUT2D eigenvalue weighted by atomic mass is 19.1. The lowest BCUT2D eigenvalue weighted by Gasteiger charge is -2.30. The van der Waals surface area contributed by atoms with Crippen LogP contribution in [0.15, 0.2) is 6.07 Å². The van der Waals surface area contributed by atoms with Crippen molar-refractivity contribution >= 4 is 11.6 Å². The van der Waals surface area contributed by atoms with Crippen LogP contribution in [-0.2, 0) is 0 Å². The van der Waals surface area contributed by atoms with Crippen LogP contribution in [0.25, 0.3) is 0 Å². The largest absolute Gasteiger partial charge is 0.396 e. The summed E-state index contributed by atoms with van der Waals surface area (Å²) in [6.07, 6.45) is 4.20. The number of hydrazine groups is 1. The van der Waals surface area contributed by atoms with Crippen LogP contribution in [-0.4, -0.2) is 23.2 Å². The first-order chi connectivity index (χ1) is 9.65. The Kier molecular flexibility index (Phi) is 5.08. The van der Waals surface area contributed by atoms with Gasteiger partial charge in [0.2, 0.25) is 0 Å². The summed E-state index contributed by atoms with van der Waals surface area (Å²) in [4.78, 5) is 3.77. The molecule has 1 aromatic rings. The molecule has 0 spiro atoms. The molecule has 2 unspecified atom stereocenters. The van der Waals surface area contributed by atoms with Crippen molar-refractivity contribution in [1.82, 2.24) is 4.98 Å². The zero-order chi connectivity index (χ0) is 14.5. The Balaban J connectivity index is 2.02. The first-order valence-electron chi connectivity index (χ1n) is 6.83. The maximum Gasteiger partial charge on any atom is 0.178 e. The summed E-state index contributed by atoms with van der Waals surface area (Å²) in [5.74, 6) is 3.81. The van der Waals surface area contributed by atoms with E-state index in [1.165, 1.54) is 0 Å². The molecule has 1 aliphatic rings. The molecule has 7 heteroatoms. The molecule has 0 bridgehead atoms. The summed E-state index contributed by atoms with van der Waals surface area (Å²) in [5.41, 5.74) is 2.09. The molecule has 0 radical (unpaired) electrons. The zero-order valence-corrected chi connectivity index (χ0v) is 11.2. The van der Waals surface area contributed by atoms with E-state index in [9.17, 15) is 13.9 Å². The van der Waals surface area contributed by atoms with Gasteiger partial charge in [0.1, 0.15) is 0 Å². The van der Waals surface area contributed by atoms with E-state index in [1.54, 1.807) is 0 Å². The number of hydrogen-bond donors (Lipinski definition) is 4. The maximum absolute atomic E-state index is 13.6. The van der Waals surface area contributed by atoms with E-state index in [-0.39, 0.29) is 30.1 Å². The third-order valence-electron chi connectivity index (χ3n) is 3.90. The summed E-state index contributed by atoms with van der Waals surface area (Å²) in [6.45, 7) is 0.645. The highest BCUT2D eigenvalue weighted by Crippen LogP contribution is 2.30. The number of aliphatic hydroxyl groups is 1. The van der Waals surface area contributed by atoms with Gasteiger partial charge >= 0.3 is 0 Å². The van der Waals surface area contributed by atoms with Crippen molar-refractivity contribution in [3.8, 4) is 0 Å². The standard InChI is InChI=1S/C13H20F2N4O/c14-10-5-11(15)13(19-16)18-12(10)17-6-8-3-1-2-4-9(8)7-20/h5,8-9,20H,1-4,6-7,16H2,(H2,17,18,19). The monoisotopic (exact) mass is 286 g/mol. The second kappa shape index (κ2) is 6.81. The lowest BCUT2D eigenvalue weighted by atomic mass is 9.79. The normalized spacial score (nSPS) is 22.6. The first kappa shape index (κ1) is 14.9. The molecule has 0 amide bonds. The van der Waals surface area contributed by atoms with Gasteiger partial charge in [-0.25, -0.2) is 19.6 Å². The molecule has 2 atom stereocenters. The molecular weight excluding hydrogens is 266 g/mol. The van der Waals surface area contributed by atoms with Gasteiger partial charge in [-0.05, 0) is 24.7 Å². The van der Waals surface area contributed by atoms with E-state index in [2.05, 4.69) is 15.7 Å². The molecule has 0 aliphatic heterocycles. The Bertz CT molecular complexity index is 458. The average Bonchev–Trinajstić information content (AvgIpc) is 2.46. The number of hydrogen-bond acceptors (Lipinski definition) is 5. The number of anilines is 2. The van der Waals surface area contributed by atoms with Crippen molar-refractivity contribution in [3.05, 3.63) is 17.7 Å². The van der Waals surface area contributed by atoms with Crippen molar-refractivity contribution in [3.63, 3.8) is 0 Å². The highest BCUT2D eigenvalue weighted by Gasteiger charge is 2.24. The van der Waals surface area contributed by atoms with E-state index in [0.29, 0.717) is 6.54 Å². The number of nitrogens with one attached hydrogen (secondary N) is 2. The van der Waals surface area contributed by atoms with Crippen LogP contribution in [0.2, 0.25) is 0 Å². The van der Waals surface area contributed by atoms with Crippen LogP contribution < -0.4 is 16.6 Å². The lowest BCUT2D eigenvalue weighted by molar-refractivity contribution is 0.141. The van der Waals surface area contributed by atoms with E-state index >= 15 is 0 Å². The van der Waals surface area contributed by atoms with Crippen molar-refractivity contribution in [2.24, 2.45) is 17.7 Å². The Hall–Kier alpha value is -1.47. The van der Waals surface area contributed by atoms with E-state index in [4.69, 9.17) is 5.84 Å². The van der Waals surface area contributed by atoms with Crippen LogP contribution in [0.5, 0.6) is 0 Å². The zero-order valence-electron chi connectivity index (χ0n) is 11.2. The number of aliphatic hydroxyl groups excluding tert-OH is 1. The average molecular weight is 286 g/mol. The SMILES string of the molecule is NNc1nc(NCC2CCCCC2CO)c(F)cc1F. The summed E-state index contributed by atoms with van der Waals surface area (Å²) in [7, 11) is 0. The Morgan fingerprint density at radius 2 is 1.85 bits per heavy atom. The number of nitrogens with two attached hydrogens (primary N) is 1. The van der Waals surface area contributed by atoms with Gasteiger partial charge in [0, 0.05) is 19.2 Å². The van der Waals surface area contributed by atoms with Gasteiger partial charge in [-0.1, -0.05) is 12.8 Å². The van der Waals surface area contributed by atoms with Gasteiger partial charge < -0.3 is 15.8 Å². The van der Waals surface area contributed by atoms with Crippen molar-refractivity contribution in [1.29, 1.82) is 0 Å². The van der Waals surface area contributed by atoms with Gasteiger partial charge in [-0.2, -0.15) is 0 Å². The van der Waals surface area contributed by atoms with E-state index in [0.717, 1.165) is 31.7 Å². The Morgan fingerprint density at radius 1 is 1.20 bits per heavy atom. The number of nitrogens with zero attached hydrogens (tertiary/aromatic N) is 1. The Labute approximate surface area is 116 Å². The molecule has 1 heterocycles. The van der Waals surface area contributed by atoms with Gasteiger partial charge in [-0.3, -0.25) is 0 Å². The predicted octanol–water partition coefficient (Wildman–Crippen LogP) is 1.86. The molecule has 1 saturated carbocycles. The molecular formula is C13H20F2N4O. The fraction of sp³-hybridized carbons (Fsp3) is 0.615. The Morgan fingerprint density at radius 3 is 2.50 bits per heavy atom. The summed E-state index contributed by atoms with van der Waals surface area (Å²) >= 11 is 0. The highest BCUT2D eigenvalue weighted by molar-refractivity contribution is 5.46.